The Hall–Kier alpha value is -2.52. The second-order valence-corrected chi connectivity index (χ2v) is 7.50. The first-order valence-corrected chi connectivity index (χ1v) is 9.43. The third-order valence-electron chi connectivity index (χ3n) is 3.66. The lowest BCUT2D eigenvalue weighted by Gasteiger charge is -2.20. The molecule has 2 aromatic rings. The second kappa shape index (κ2) is 7.16. The molecule has 0 atom stereocenters. The standard InChI is InChI=1S/C16H18N2O6S/c1-25(20,21)18(7-6-17-16(19)14-3-2-8-22-14)10-12-4-5-13-15(9-12)24-11-23-13/h2-5,8-9H,6-7,10-11H2,1H3,(H,17,19). The number of ether oxygens (including phenoxy) is 2. The minimum absolute atomic E-state index is 0.139. The predicted octanol–water partition coefficient (Wildman–Crippen LogP) is 1.20. The normalized spacial score (nSPS) is 13.2. The number of benzene rings is 1. The Morgan fingerprint density at radius 2 is 2.04 bits per heavy atom. The number of amides is 1. The van der Waals surface area contributed by atoms with Gasteiger partial charge in [0.25, 0.3) is 5.91 Å². The monoisotopic (exact) mass is 366 g/mol. The van der Waals surface area contributed by atoms with Crippen LogP contribution in [0.1, 0.15) is 16.1 Å². The Morgan fingerprint density at radius 3 is 2.76 bits per heavy atom. The molecule has 0 saturated carbocycles. The van der Waals surface area contributed by atoms with Crippen LogP contribution in [-0.4, -0.2) is 44.8 Å². The summed E-state index contributed by atoms with van der Waals surface area (Å²) in [5.74, 6) is 1.03. The Kier molecular flexibility index (Phi) is 4.95. The van der Waals surface area contributed by atoms with Gasteiger partial charge in [0.1, 0.15) is 0 Å². The summed E-state index contributed by atoms with van der Waals surface area (Å²) in [5, 5.41) is 2.63. The molecule has 9 heteroatoms. The van der Waals surface area contributed by atoms with Crippen molar-refractivity contribution in [3.8, 4) is 11.5 Å². The molecular formula is C16H18N2O6S. The van der Waals surface area contributed by atoms with Crippen molar-refractivity contribution in [3.63, 3.8) is 0 Å². The van der Waals surface area contributed by atoms with Crippen LogP contribution in [0.25, 0.3) is 0 Å². The highest BCUT2D eigenvalue weighted by Gasteiger charge is 2.20. The van der Waals surface area contributed by atoms with Gasteiger partial charge in [0.15, 0.2) is 17.3 Å². The van der Waals surface area contributed by atoms with E-state index in [0.717, 1.165) is 11.8 Å². The van der Waals surface area contributed by atoms with Crippen LogP contribution in [0.15, 0.2) is 41.0 Å². The maximum absolute atomic E-state index is 12.0. The van der Waals surface area contributed by atoms with Crippen molar-refractivity contribution in [2.24, 2.45) is 0 Å². The first-order chi connectivity index (χ1) is 11.9. The Balaban J connectivity index is 1.61. The zero-order chi connectivity index (χ0) is 17.9. The molecule has 0 saturated heterocycles. The number of nitrogens with one attached hydrogen (secondary N) is 1. The number of hydrogen-bond acceptors (Lipinski definition) is 6. The molecule has 1 aliphatic heterocycles. The van der Waals surface area contributed by atoms with Gasteiger partial charge in [-0.3, -0.25) is 4.79 Å². The molecular weight excluding hydrogens is 348 g/mol. The molecule has 0 radical (unpaired) electrons. The second-order valence-electron chi connectivity index (χ2n) is 5.52. The van der Waals surface area contributed by atoms with Gasteiger partial charge in [-0.05, 0) is 29.8 Å². The van der Waals surface area contributed by atoms with E-state index in [-0.39, 0.29) is 38.1 Å². The number of carbonyl (C=O) groups excluding carboxylic acids is 1. The van der Waals surface area contributed by atoms with Gasteiger partial charge in [0.05, 0.1) is 12.5 Å². The van der Waals surface area contributed by atoms with E-state index in [2.05, 4.69) is 5.32 Å². The summed E-state index contributed by atoms with van der Waals surface area (Å²) in [6, 6.07) is 8.43. The summed E-state index contributed by atoms with van der Waals surface area (Å²) < 4.78 is 40.8. The van der Waals surface area contributed by atoms with Crippen molar-refractivity contribution in [1.29, 1.82) is 0 Å². The maximum Gasteiger partial charge on any atom is 0.287 e. The number of furan rings is 1. The van der Waals surface area contributed by atoms with Gasteiger partial charge in [-0.2, -0.15) is 4.31 Å². The van der Waals surface area contributed by atoms with Crippen LogP contribution in [0.5, 0.6) is 11.5 Å². The molecule has 134 valence electrons. The van der Waals surface area contributed by atoms with Crippen molar-refractivity contribution in [2.45, 2.75) is 6.54 Å². The van der Waals surface area contributed by atoms with Gasteiger partial charge < -0.3 is 19.2 Å². The van der Waals surface area contributed by atoms with Gasteiger partial charge in [-0.15, -0.1) is 0 Å². The zero-order valence-corrected chi connectivity index (χ0v) is 14.4. The van der Waals surface area contributed by atoms with Crippen LogP contribution in [0, 0.1) is 0 Å². The molecule has 0 bridgehead atoms. The van der Waals surface area contributed by atoms with E-state index in [1.807, 2.05) is 0 Å². The van der Waals surface area contributed by atoms with Gasteiger partial charge in [-0.1, -0.05) is 6.07 Å². The van der Waals surface area contributed by atoms with Crippen LogP contribution in [-0.2, 0) is 16.6 Å². The summed E-state index contributed by atoms with van der Waals surface area (Å²) >= 11 is 0. The van der Waals surface area contributed by atoms with Crippen molar-refractivity contribution < 1.29 is 27.1 Å². The van der Waals surface area contributed by atoms with E-state index >= 15 is 0 Å². The third-order valence-corrected chi connectivity index (χ3v) is 4.91. The van der Waals surface area contributed by atoms with Crippen LogP contribution < -0.4 is 14.8 Å². The molecule has 25 heavy (non-hydrogen) atoms. The van der Waals surface area contributed by atoms with Gasteiger partial charge >= 0.3 is 0 Å². The van der Waals surface area contributed by atoms with E-state index in [4.69, 9.17) is 13.9 Å². The topological polar surface area (TPSA) is 98.1 Å². The fraction of sp³-hybridized carbons (Fsp3) is 0.312. The number of nitrogens with zero attached hydrogens (tertiary/aromatic N) is 1. The van der Waals surface area contributed by atoms with Crippen LogP contribution in [0.3, 0.4) is 0 Å². The largest absolute Gasteiger partial charge is 0.459 e. The highest BCUT2D eigenvalue weighted by Crippen LogP contribution is 2.32. The number of rotatable bonds is 7. The lowest BCUT2D eigenvalue weighted by atomic mass is 10.2. The molecule has 0 spiro atoms. The fourth-order valence-electron chi connectivity index (χ4n) is 2.39. The van der Waals surface area contributed by atoms with Crippen molar-refractivity contribution in [3.05, 3.63) is 47.9 Å². The highest BCUT2D eigenvalue weighted by molar-refractivity contribution is 7.88. The lowest BCUT2D eigenvalue weighted by Crippen LogP contribution is -2.37. The van der Waals surface area contributed by atoms with Gasteiger partial charge in [0.2, 0.25) is 16.8 Å². The van der Waals surface area contributed by atoms with Crippen LogP contribution >= 0.6 is 0 Å². The predicted molar refractivity (Wildman–Crippen MR) is 88.9 cm³/mol. The summed E-state index contributed by atoms with van der Waals surface area (Å²) in [4.78, 5) is 11.8. The molecule has 0 unspecified atom stereocenters. The Morgan fingerprint density at radius 1 is 1.24 bits per heavy atom. The third kappa shape index (κ3) is 4.31. The molecule has 1 aliphatic rings. The van der Waals surface area contributed by atoms with Crippen molar-refractivity contribution in [2.75, 3.05) is 26.1 Å². The summed E-state index contributed by atoms with van der Waals surface area (Å²) in [7, 11) is -3.44. The van der Waals surface area contributed by atoms with E-state index in [9.17, 15) is 13.2 Å². The summed E-state index contributed by atoms with van der Waals surface area (Å²) in [6.07, 6.45) is 2.53. The minimum atomic E-state index is -3.44. The maximum atomic E-state index is 12.0. The quantitative estimate of drug-likeness (QED) is 0.791. The average Bonchev–Trinajstić information content (AvgIpc) is 3.23. The molecule has 8 nitrogen and oxygen atoms in total. The first-order valence-electron chi connectivity index (χ1n) is 7.59. The summed E-state index contributed by atoms with van der Waals surface area (Å²) in [5.41, 5.74) is 0.770. The summed E-state index contributed by atoms with van der Waals surface area (Å²) in [6.45, 7) is 0.635. The van der Waals surface area contributed by atoms with E-state index in [1.165, 1.54) is 16.6 Å². The van der Waals surface area contributed by atoms with Gasteiger partial charge in [-0.25, -0.2) is 8.42 Å². The van der Waals surface area contributed by atoms with Gasteiger partial charge in [0, 0.05) is 19.6 Å². The van der Waals surface area contributed by atoms with Crippen LogP contribution in [0.2, 0.25) is 0 Å². The van der Waals surface area contributed by atoms with Crippen molar-refractivity contribution in [1.82, 2.24) is 9.62 Å². The molecule has 0 aliphatic carbocycles. The SMILES string of the molecule is CS(=O)(=O)N(CCNC(=O)c1ccco1)Cc1ccc2c(c1)OCO2. The first kappa shape index (κ1) is 17.3. The smallest absolute Gasteiger partial charge is 0.287 e. The molecule has 0 fully saturated rings. The zero-order valence-electron chi connectivity index (χ0n) is 13.6. The van der Waals surface area contributed by atoms with E-state index in [0.29, 0.717) is 11.5 Å². The van der Waals surface area contributed by atoms with E-state index < -0.39 is 10.0 Å². The molecule has 2 heterocycles. The fourth-order valence-corrected chi connectivity index (χ4v) is 3.20. The average molecular weight is 366 g/mol. The molecule has 1 amide bonds. The Bertz CT molecular complexity index is 848. The molecule has 1 aromatic heterocycles. The molecule has 1 aromatic carbocycles. The number of sulfonamides is 1. The number of carbonyl (C=O) groups is 1. The van der Waals surface area contributed by atoms with Crippen LogP contribution in [0.4, 0.5) is 0 Å². The highest BCUT2D eigenvalue weighted by atomic mass is 32.2. The van der Waals surface area contributed by atoms with Crippen molar-refractivity contribution >= 4 is 15.9 Å². The lowest BCUT2D eigenvalue weighted by molar-refractivity contribution is 0.0924. The minimum Gasteiger partial charge on any atom is -0.459 e. The number of hydrogen-bond donors (Lipinski definition) is 1. The molecule has 1 N–H and O–H groups in total. The number of fused-ring (bicyclic) bond motifs is 1. The van der Waals surface area contributed by atoms with E-state index in [1.54, 1.807) is 24.3 Å². The molecule has 3 rings (SSSR count). The Labute approximate surface area is 145 Å².